The van der Waals surface area contributed by atoms with Gasteiger partial charge in [0.05, 0.1) is 11.4 Å². The molecule has 2 amide bonds. The molecular weight excluding hydrogens is 416 g/mol. The first-order chi connectivity index (χ1) is 14.8. The summed E-state index contributed by atoms with van der Waals surface area (Å²) in [7, 11) is -0.120. The largest absolute Gasteiger partial charge is 0.348 e. The Kier molecular flexibility index (Phi) is 8.07. The van der Waals surface area contributed by atoms with E-state index >= 15 is 0 Å². The average Bonchev–Trinajstić information content (AvgIpc) is 3.17. The van der Waals surface area contributed by atoms with Gasteiger partial charge in [-0.2, -0.15) is 4.31 Å². The number of sulfonamides is 1. The quantitative estimate of drug-likeness (QED) is 0.679. The molecule has 1 aromatic rings. The molecule has 172 valence electrons. The molecule has 2 heterocycles. The van der Waals surface area contributed by atoms with Crippen molar-refractivity contribution in [2.75, 3.05) is 59.9 Å². The van der Waals surface area contributed by atoms with E-state index < -0.39 is 10.0 Å². The predicted octanol–water partition coefficient (Wildman–Crippen LogP) is 1.49. The highest BCUT2D eigenvalue weighted by atomic mass is 32.2. The topological polar surface area (TPSA) is 81.2 Å². The summed E-state index contributed by atoms with van der Waals surface area (Å²) in [5.74, 6) is -0.111. The number of hydrogen-bond donors (Lipinski definition) is 0. The summed E-state index contributed by atoms with van der Waals surface area (Å²) in [5.41, 5.74) is 0.397. The normalized spacial score (nSPS) is 19.5. The first-order valence-corrected chi connectivity index (χ1v) is 12.5. The van der Waals surface area contributed by atoms with Crippen molar-refractivity contribution < 1.29 is 18.0 Å². The van der Waals surface area contributed by atoms with Gasteiger partial charge in [-0.15, -0.1) is 0 Å². The van der Waals surface area contributed by atoms with Gasteiger partial charge in [0, 0.05) is 58.9 Å². The summed E-state index contributed by atoms with van der Waals surface area (Å²) in [5, 5.41) is 0. The molecule has 1 aromatic carbocycles. The van der Waals surface area contributed by atoms with Crippen molar-refractivity contribution in [1.29, 1.82) is 0 Å². The van der Waals surface area contributed by atoms with Crippen molar-refractivity contribution >= 4 is 21.8 Å². The lowest BCUT2D eigenvalue weighted by Gasteiger charge is -2.23. The minimum absolute atomic E-state index is 0.0474. The van der Waals surface area contributed by atoms with Crippen LogP contribution in [0.25, 0.3) is 0 Å². The molecule has 0 saturated carbocycles. The third kappa shape index (κ3) is 6.05. The van der Waals surface area contributed by atoms with E-state index in [0.717, 1.165) is 38.6 Å². The van der Waals surface area contributed by atoms with Crippen molar-refractivity contribution in [3.63, 3.8) is 0 Å². The number of benzene rings is 1. The van der Waals surface area contributed by atoms with Gasteiger partial charge in [0.15, 0.2) is 0 Å². The Bertz CT molecular complexity index is 879. The minimum atomic E-state index is -3.60. The van der Waals surface area contributed by atoms with Crippen LogP contribution in [0.2, 0.25) is 0 Å². The highest BCUT2D eigenvalue weighted by Crippen LogP contribution is 2.22. The van der Waals surface area contributed by atoms with Crippen LogP contribution in [-0.4, -0.2) is 99.1 Å². The van der Waals surface area contributed by atoms with Crippen molar-refractivity contribution in [2.45, 2.75) is 37.0 Å². The Morgan fingerprint density at radius 2 is 1.61 bits per heavy atom. The molecule has 0 N–H and O–H groups in total. The van der Waals surface area contributed by atoms with E-state index in [-0.39, 0.29) is 16.7 Å². The smallest absolute Gasteiger partial charge is 0.253 e. The fraction of sp³-hybridized carbons (Fsp3) is 0.636. The van der Waals surface area contributed by atoms with Gasteiger partial charge in [-0.05, 0) is 37.5 Å². The highest BCUT2D eigenvalue weighted by Gasteiger charge is 2.27. The van der Waals surface area contributed by atoms with Gasteiger partial charge in [0.25, 0.3) is 5.91 Å². The van der Waals surface area contributed by atoms with Gasteiger partial charge < -0.3 is 9.80 Å². The molecule has 9 heteroatoms. The molecule has 0 unspecified atom stereocenters. The summed E-state index contributed by atoms with van der Waals surface area (Å²) >= 11 is 0. The molecule has 2 aliphatic rings. The third-order valence-electron chi connectivity index (χ3n) is 6.02. The zero-order chi connectivity index (χ0) is 22.4. The molecule has 3 rings (SSSR count). The molecule has 2 fully saturated rings. The molecule has 0 atom stereocenters. The van der Waals surface area contributed by atoms with Crippen molar-refractivity contribution in [1.82, 2.24) is 19.0 Å². The van der Waals surface area contributed by atoms with Crippen LogP contribution in [-0.2, 0) is 14.8 Å². The van der Waals surface area contributed by atoms with Gasteiger partial charge >= 0.3 is 0 Å². The third-order valence-corrected chi connectivity index (χ3v) is 7.91. The maximum absolute atomic E-state index is 13.1. The zero-order valence-electron chi connectivity index (χ0n) is 18.6. The number of carbonyl (C=O) groups excluding carboxylic acids is 2. The van der Waals surface area contributed by atoms with E-state index in [4.69, 9.17) is 0 Å². The standard InChI is InChI=1S/C22H34N4O4S/c1-23(2)21(27)18-24-11-8-12-25(16-15-24)22(28)19-9-7-10-20(17-19)31(29,30)26-13-5-3-4-6-14-26/h7,9-10,17H,3-6,8,11-16,18H2,1-2H3. The molecule has 0 radical (unpaired) electrons. The van der Waals surface area contributed by atoms with E-state index in [1.807, 2.05) is 0 Å². The van der Waals surface area contributed by atoms with Crippen LogP contribution in [0.15, 0.2) is 29.2 Å². The zero-order valence-corrected chi connectivity index (χ0v) is 19.4. The summed E-state index contributed by atoms with van der Waals surface area (Å²) in [6.45, 7) is 3.90. The SMILES string of the molecule is CN(C)C(=O)CN1CCCN(C(=O)c2cccc(S(=O)(=O)N3CCCCCC3)c2)CC1. The van der Waals surface area contributed by atoms with Crippen LogP contribution in [0.3, 0.4) is 0 Å². The van der Waals surface area contributed by atoms with Crippen molar-refractivity contribution in [3.8, 4) is 0 Å². The molecule has 2 aliphatic heterocycles. The molecular formula is C22H34N4O4S. The lowest BCUT2D eigenvalue weighted by Crippen LogP contribution is -2.39. The van der Waals surface area contributed by atoms with Gasteiger partial charge in [-0.1, -0.05) is 18.9 Å². The Hall–Kier alpha value is -1.97. The highest BCUT2D eigenvalue weighted by molar-refractivity contribution is 7.89. The summed E-state index contributed by atoms with van der Waals surface area (Å²) in [6, 6.07) is 6.43. The van der Waals surface area contributed by atoms with E-state index in [1.165, 1.54) is 6.07 Å². The molecule has 0 aliphatic carbocycles. The summed E-state index contributed by atoms with van der Waals surface area (Å²) in [6.07, 6.45) is 4.63. The number of amides is 2. The molecule has 8 nitrogen and oxygen atoms in total. The fourth-order valence-corrected chi connectivity index (χ4v) is 5.63. The lowest BCUT2D eigenvalue weighted by atomic mass is 10.2. The monoisotopic (exact) mass is 450 g/mol. The van der Waals surface area contributed by atoms with Crippen LogP contribution in [0.1, 0.15) is 42.5 Å². The average molecular weight is 451 g/mol. The van der Waals surface area contributed by atoms with Crippen molar-refractivity contribution in [2.24, 2.45) is 0 Å². The molecule has 0 bridgehead atoms. The second kappa shape index (κ2) is 10.6. The Labute approximate surface area is 185 Å². The maximum atomic E-state index is 13.1. The van der Waals surface area contributed by atoms with Gasteiger partial charge in [0.2, 0.25) is 15.9 Å². The number of likely N-dealkylation sites (N-methyl/N-ethyl adjacent to an activating group) is 1. The molecule has 0 spiro atoms. The number of carbonyl (C=O) groups is 2. The van der Waals surface area contributed by atoms with E-state index in [2.05, 4.69) is 4.90 Å². The van der Waals surface area contributed by atoms with E-state index in [0.29, 0.717) is 44.8 Å². The van der Waals surface area contributed by atoms with Gasteiger partial charge in [-0.3, -0.25) is 14.5 Å². The number of nitrogens with zero attached hydrogens (tertiary/aromatic N) is 4. The van der Waals surface area contributed by atoms with Crippen LogP contribution in [0.5, 0.6) is 0 Å². The second-order valence-corrected chi connectivity index (χ2v) is 10.5. The van der Waals surface area contributed by atoms with Crippen LogP contribution >= 0.6 is 0 Å². The van der Waals surface area contributed by atoms with E-state index in [1.54, 1.807) is 46.4 Å². The van der Waals surface area contributed by atoms with Crippen LogP contribution in [0.4, 0.5) is 0 Å². The fourth-order valence-electron chi connectivity index (χ4n) is 4.07. The van der Waals surface area contributed by atoms with Gasteiger partial charge in [0.1, 0.15) is 0 Å². The Morgan fingerprint density at radius 1 is 0.903 bits per heavy atom. The van der Waals surface area contributed by atoms with Crippen LogP contribution < -0.4 is 0 Å². The van der Waals surface area contributed by atoms with Gasteiger partial charge in [-0.25, -0.2) is 8.42 Å². The Morgan fingerprint density at radius 3 is 2.29 bits per heavy atom. The molecule has 0 aromatic heterocycles. The maximum Gasteiger partial charge on any atom is 0.253 e. The van der Waals surface area contributed by atoms with Crippen molar-refractivity contribution in [3.05, 3.63) is 29.8 Å². The first kappa shape index (κ1) is 23.7. The summed E-state index contributed by atoms with van der Waals surface area (Å²) < 4.78 is 27.8. The molecule has 31 heavy (non-hydrogen) atoms. The minimum Gasteiger partial charge on any atom is -0.348 e. The Balaban J connectivity index is 1.69. The molecule has 2 saturated heterocycles. The van der Waals surface area contributed by atoms with Crippen LogP contribution in [0, 0.1) is 0 Å². The van der Waals surface area contributed by atoms with E-state index in [9.17, 15) is 18.0 Å². The first-order valence-electron chi connectivity index (χ1n) is 11.1. The predicted molar refractivity (Wildman–Crippen MR) is 119 cm³/mol. The lowest BCUT2D eigenvalue weighted by molar-refractivity contribution is -0.129. The number of hydrogen-bond acceptors (Lipinski definition) is 5. The summed E-state index contributed by atoms with van der Waals surface area (Å²) in [4.78, 5) is 30.7. The number of rotatable bonds is 5. The second-order valence-electron chi connectivity index (χ2n) is 8.56.